The Morgan fingerprint density at radius 1 is 0.850 bits per heavy atom. The van der Waals surface area contributed by atoms with Gasteiger partial charge in [-0.15, -0.1) is 5.10 Å². The van der Waals surface area contributed by atoms with Crippen molar-refractivity contribution in [2.45, 2.75) is 24.8 Å². The monoisotopic (exact) mass is 526 g/mol. The smallest absolute Gasteiger partial charge is 0.320 e. The number of aromatic nitrogens is 4. The van der Waals surface area contributed by atoms with E-state index in [4.69, 9.17) is 10.7 Å². The summed E-state index contributed by atoms with van der Waals surface area (Å²) in [7, 11) is 0. The second-order valence-electron chi connectivity index (χ2n) is 10.2. The lowest BCUT2D eigenvalue weighted by Gasteiger charge is -2.50. The molecule has 0 spiro atoms. The molecule has 40 heavy (non-hydrogen) atoms. The Bertz CT molecular complexity index is 1860. The minimum absolute atomic E-state index is 0.179. The average Bonchev–Trinajstić information content (AvgIpc) is 3.36. The predicted octanol–water partition coefficient (Wildman–Crippen LogP) is 6.28. The molecule has 3 aromatic heterocycles. The van der Waals surface area contributed by atoms with Crippen LogP contribution in [-0.2, 0) is 5.54 Å². The summed E-state index contributed by atoms with van der Waals surface area (Å²) in [6.45, 7) is 0. The Morgan fingerprint density at radius 3 is 2.20 bits per heavy atom. The second kappa shape index (κ2) is 9.20. The normalized spacial score (nSPS) is 14.2. The average molecular weight is 527 g/mol. The van der Waals surface area contributed by atoms with Crippen molar-refractivity contribution < 1.29 is 9.90 Å². The molecule has 1 aliphatic carbocycles. The van der Waals surface area contributed by atoms with Crippen LogP contribution in [0.25, 0.3) is 39.1 Å². The number of amides is 2. The molecule has 1 fully saturated rings. The van der Waals surface area contributed by atoms with E-state index in [9.17, 15) is 9.90 Å². The first-order valence-corrected chi connectivity index (χ1v) is 13.2. The first kappa shape index (κ1) is 23.8. The summed E-state index contributed by atoms with van der Waals surface area (Å²) in [5.74, 6) is 0. The number of hydrogen-bond donors (Lipinski definition) is 2. The topological polar surface area (TPSA) is 110 Å². The van der Waals surface area contributed by atoms with E-state index in [1.165, 1.54) is 0 Å². The largest absolute Gasteiger partial charge is 0.479 e. The number of anilines is 1. The third kappa shape index (κ3) is 3.68. The van der Waals surface area contributed by atoms with Crippen LogP contribution in [-0.4, -0.2) is 30.7 Å². The lowest BCUT2D eigenvalue weighted by molar-refractivity contribution is 0.212. The van der Waals surface area contributed by atoms with Gasteiger partial charge in [0.25, 0.3) is 0 Å². The molecular weight excluding hydrogens is 500 g/mol. The molecule has 3 aromatic carbocycles. The highest BCUT2D eigenvalue weighted by Gasteiger charge is 2.46. The number of carbonyl (C=O) groups is 1. The van der Waals surface area contributed by atoms with Crippen molar-refractivity contribution in [3.63, 3.8) is 0 Å². The summed E-state index contributed by atoms with van der Waals surface area (Å²) in [4.78, 5) is 19.5. The van der Waals surface area contributed by atoms with Gasteiger partial charge in [-0.25, -0.2) is 14.2 Å². The van der Waals surface area contributed by atoms with Crippen molar-refractivity contribution in [3.8, 4) is 28.4 Å². The fourth-order valence-electron chi connectivity index (χ4n) is 5.91. The van der Waals surface area contributed by atoms with Gasteiger partial charge in [0.15, 0.2) is 5.65 Å². The Kier molecular flexibility index (Phi) is 5.48. The van der Waals surface area contributed by atoms with Crippen molar-refractivity contribution in [2.75, 3.05) is 4.90 Å². The number of hydrogen-bond acceptors (Lipinski definition) is 5. The van der Waals surface area contributed by atoms with E-state index in [2.05, 4.69) is 34.5 Å². The number of urea groups is 1. The van der Waals surface area contributed by atoms with Crippen molar-refractivity contribution >= 4 is 28.4 Å². The van der Waals surface area contributed by atoms with Crippen LogP contribution in [0.2, 0.25) is 0 Å². The highest BCUT2D eigenvalue weighted by atomic mass is 16.3. The van der Waals surface area contributed by atoms with E-state index in [0.29, 0.717) is 16.7 Å². The van der Waals surface area contributed by atoms with Crippen LogP contribution < -0.4 is 10.6 Å². The van der Waals surface area contributed by atoms with Gasteiger partial charge in [0, 0.05) is 16.8 Å². The van der Waals surface area contributed by atoms with Crippen LogP contribution in [0.4, 0.5) is 10.5 Å². The number of pyridine rings is 2. The fraction of sp³-hybridized carbons (Fsp3) is 0.125. The summed E-state index contributed by atoms with van der Waals surface area (Å²) in [5.41, 5.74) is 13.0. The molecule has 0 radical (unpaired) electrons. The predicted molar refractivity (Wildman–Crippen MR) is 155 cm³/mol. The molecule has 3 heterocycles. The standard InChI is InChI=1S/C32H26N6O2/c33-30(39)38(24-10-5-2-6-11-24)32(18-7-19-32)23-14-12-22(13-15-23)29-25(21-8-3-1-4-9-21)20-27-26(34-29)16-17-28-35-36-31(40)37(27)28/h1-6,8-17,20H,7,18-19H2,(H2,33,39)(H,36,40). The molecule has 1 aliphatic rings. The van der Waals surface area contributed by atoms with Crippen LogP contribution in [0.5, 0.6) is 6.01 Å². The molecule has 2 amide bonds. The van der Waals surface area contributed by atoms with Crippen LogP contribution in [0, 0.1) is 0 Å². The molecule has 3 N–H and O–H groups in total. The third-order valence-corrected chi connectivity index (χ3v) is 7.96. The maximum atomic E-state index is 12.7. The Hall–Kier alpha value is -5.24. The van der Waals surface area contributed by atoms with Crippen LogP contribution in [0.1, 0.15) is 24.8 Å². The van der Waals surface area contributed by atoms with E-state index in [0.717, 1.165) is 52.9 Å². The van der Waals surface area contributed by atoms with Gasteiger partial charge in [0.2, 0.25) is 0 Å². The zero-order chi connectivity index (χ0) is 27.3. The molecular formula is C32H26N6O2. The molecule has 6 aromatic rings. The number of primary amides is 1. The minimum atomic E-state index is -0.484. The maximum absolute atomic E-state index is 12.7. The molecule has 0 atom stereocenters. The summed E-state index contributed by atoms with van der Waals surface area (Å²) < 4.78 is 1.60. The molecule has 196 valence electrons. The first-order chi connectivity index (χ1) is 19.5. The fourth-order valence-corrected chi connectivity index (χ4v) is 5.91. The summed E-state index contributed by atoms with van der Waals surface area (Å²) in [5, 5.41) is 18.3. The molecule has 0 unspecified atom stereocenters. The van der Waals surface area contributed by atoms with Gasteiger partial charge in [0.05, 0.1) is 22.3 Å². The van der Waals surface area contributed by atoms with Crippen LogP contribution in [0.15, 0.2) is 103 Å². The SMILES string of the molecule is NC(=O)N(c1ccccc1)C1(c2ccc(-c3nc4ccc5nnc(O)n5c4cc3-c3ccccc3)cc2)CCC1. The number of carbonyl (C=O) groups excluding carboxylic acids is 1. The van der Waals surface area contributed by atoms with Gasteiger partial charge in [0.1, 0.15) is 0 Å². The van der Waals surface area contributed by atoms with Crippen LogP contribution in [0.3, 0.4) is 0 Å². The van der Waals surface area contributed by atoms with Crippen LogP contribution >= 0.6 is 0 Å². The lowest BCUT2D eigenvalue weighted by Crippen LogP contribution is -2.56. The highest BCUT2D eigenvalue weighted by molar-refractivity contribution is 5.93. The quantitative estimate of drug-likeness (QED) is 0.275. The van der Waals surface area contributed by atoms with Crippen molar-refractivity contribution in [2.24, 2.45) is 5.73 Å². The second-order valence-corrected chi connectivity index (χ2v) is 10.2. The maximum Gasteiger partial charge on any atom is 0.320 e. The summed E-state index contributed by atoms with van der Waals surface area (Å²) in [6, 6.07) is 33.0. The number of nitrogens with two attached hydrogens (primary N) is 1. The zero-order valence-corrected chi connectivity index (χ0v) is 21.6. The lowest BCUT2D eigenvalue weighted by atomic mass is 9.70. The van der Waals surface area contributed by atoms with E-state index in [1.807, 2.05) is 72.8 Å². The Labute approximate surface area is 230 Å². The first-order valence-electron chi connectivity index (χ1n) is 13.2. The number of aromatic hydroxyl groups is 1. The van der Waals surface area contributed by atoms with Gasteiger partial charge in [-0.2, -0.15) is 0 Å². The van der Waals surface area contributed by atoms with Gasteiger partial charge in [-0.1, -0.05) is 77.9 Å². The molecule has 0 aliphatic heterocycles. The van der Waals surface area contributed by atoms with E-state index < -0.39 is 11.6 Å². The van der Waals surface area contributed by atoms with Crippen molar-refractivity contribution in [1.29, 1.82) is 0 Å². The van der Waals surface area contributed by atoms with E-state index in [-0.39, 0.29) is 6.01 Å². The number of fused-ring (bicyclic) bond motifs is 3. The van der Waals surface area contributed by atoms with E-state index in [1.54, 1.807) is 15.4 Å². The molecule has 0 bridgehead atoms. The van der Waals surface area contributed by atoms with Gasteiger partial charge in [-0.3, -0.25) is 4.90 Å². The number of benzene rings is 3. The highest BCUT2D eigenvalue weighted by Crippen LogP contribution is 2.49. The molecule has 7 rings (SSSR count). The van der Waals surface area contributed by atoms with Crippen molar-refractivity contribution in [1.82, 2.24) is 19.6 Å². The number of para-hydroxylation sites is 1. The van der Waals surface area contributed by atoms with Gasteiger partial charge < -0.3 is 10.8 Å². The summed E-state index contributed by atoms with van der Waals surface area (Å²) in [6.07, 6.45) is 2.70. The van der Waals surface area contributed by atoms with Gasteiger partial charge in [-0.05, 0) is 60.7 Å². The van der Waals surface area contributed by atoms with Gasteiger partial charge >= 0.3 is 12.0 Å². The van der Waals surface area contributed by atoms with Crippen molar-refractivity contribution in [3.05, 3.63) is 109 Å². The minimum Gasteiger partial charge on any atom is -0.479 e. The molecule has 8 nitrogen and oxygen atoms in total. The molecule has 8 heteroatoms. The third-order valence-electron chi connectivity index (χ3n) is 7.96. The number of nitrogens with zero attached hydrogens (tertiary/aromatic N) is 5. The Balaban J connectivity index is 1.37. The summed E-state index contributed by atoms with van der Waals surface area (Å²) >= 11 is 0. The Morgan fingerprint density at radius 2 is 1.55 bits per heavy atom. The molecule has 1 saturated carbocycles. The molecule has 0 saturated heterocycles. The zero-order valence-electron chi connectivity index (χ0n) is 21.6. The number of rotatable bonds is 5. The van der Waals surface area contributed by atoms with E-state index >= 15 is 0 Å².